The average Bonchev–Trinajstić information content (AvgIpc) is 2.79. The summed E-state index contributed by atoms with van der Waals surface area (Å²) in [5.41, 5.74) is 0.769. The van der Waals surface area contributed by atoms with Gasteiger partial charge >= 0.3 is 6.61 Å². The number of aromatic nitrogens is 2. The lowest BCUT2D eigenvalue weighted by molar-refractivity contribution is -0.0498. The van der Waals surface area contributed by atoms with E-state index in [1.54, 1.807) is 18.3 Å². The number of aryl methyl sites for hydroxylation is 1. The summed E-state index contributed by atoms with van der Waals surface area (Å²) in [7, 11) is 0. The predicted molar refractivity (Wildman–Crippen MR) is 68.9 cm³/mol. The molecule has 0 bridgehead atoms. The van der Waals surface area contributed by atoms with Crippen LogP contribution in [-0.4, -0.2) is 16.2 Å². The Morgan fingerprint density at radius 2 is 2.05 bits per heavy atom. The Morgan fingerprint density at radius 3 is 2.68 bits per heavy atom. The number of hydrogen-bond acceptors (Lipinski definition) is 3. The van der Waals surface area contributed by atoms with Gasteiger partial charge in [0, 0.05) is 24.6 Å². The van der Waals surface area contributed by atoms with Crippen LogP contribution in [0.25, 0.3) is 0 Å². The molecule has 4 nitrogen and oxygen atoms in total. The predicted octanol–water partition coefficient (Wildman–Crippen LogP) is 3.64. The van der Waals surface area contributed by atoms with Crippen molar-refractivity contribution in [3.05, 3.63) is 36.7 Å². The summed E-state index contributed by atoms with van der Waals surface area (Å²) in [6, 6.07) is 6.31. The van der Waals surface area contributed by atoms with E-state index in [2.05, 4.69) is 22.0 Å². The highest BCUT2D eigenvalue weighted by atomic mass is 19.3. The van der Waals surface area contributed by atoms with Crippen LogP contribution in [0.2, 0.25) is 0 Å². The monoisotopic (exact) mass is 267 g/mol. The fourth-order valence-electron chi connectivity index (χ4n) is 1.70. The molecule has 0 spiro atoms. The number of ether oxygens (including phenoxy) is 1. The van der Waals surface area contributed by atoms with Crippen LogP contribution in [-0.2, 0) is 6.54 Å². The van der Waals surface area contributed by atoms with Crippen molar-refractivity contribution in [2.75, 3.05) is 5.32 Å². The number of nitrogens with zero attached hydrogens (tertiary/aromatic N) is 2. The van der Waals surface area contributed by atoms with Crippen LogP contribution in [0.3, 0.4) is 0 Å². The van der Waals surface area contributed by atoms with E-state index in [1.807, 2.05) is 10.8 Å². The molecule has 0 aliphatic rings. The molecule has 2 aromatic rings. The minimum absolute atomic E-state index is 0.137. The molecule has 0 atom stereocenters. The van der Waals surface area contributed by atoms with Crippen molar-refractivity contribution in [1.29, 1.82) is 0 Å². The molecule has 1 N–H and O–H groups in total. The molecule has 0 radical (unpaired) electrons. The number of imidazole rings is 1. The van der Waals surface area contributed by atoms with E-state index in [4.69, 9.17) is 0 Å². The maximum absolute atomic E-state index is 12.0. The number of rotatable bonds is 6. The largest absolute Gasteiger partial charge is 0.435 e. The summed E-state index contributed by atoms with van der Waals surface area (Å²) >= 11 is 0. The van der Waals surface area contributed by atoms with Gasteiger partial charge in [0.15, 0.2) is 0 Å². The van der Waals surface area contributed by atoms with Crippen molar-refractivity contribution in [2.24, 2.45) is 0 Å². The highest BCUT2D eigenvalue weighted by Crippen LogP contribution is 2.20. The normalized spacial score (nSPS) is 10.7. The molecule has 19 heavy (non-hydrogen) atoms. The number of nitrogens with one attached hydrogen (secondary N) is 1. The smallest absolute Gasteiger partial charge is 0.387 e. The maximum atomic E-state index is 12.0. The zero-order valence-corrected chi connectivity index (χ0v) is 10.5. The standard InChI is InChI=1S/C13H15F2N3O/c1-2-8-18-9-7-16-13(18)17-10-3-5-11(6-4-10)19-12(14)15/h3-7,9,12H,2,8H2,1H3,(H,16,17). The molecule has 102 valence electrons. The first-order chi connectivity index (χ1) is 9.19. The van der Waals surface area contributed by atoms with Crippen LogP contribution in [0.1, 0.15) is 13.3 Å². The second kappa shape index (κ2) is 6.17. The Labute approximate surface area is 110 Å². The summed E-state index contributed by atoms with van der Waals surface area (Å²) in [5, 5.41) is 3.13. The van der Waals surface area contributed by atoms with Gasteiger partial charge in [-0.1, -0.05) is 6.92 Å². The van der Waals surface area contributed by atoms with Crippen LogP contribution >= 0.6 is 0 Å². The van der Waals surface area contributed by atoms with Crippen LogP contribution in [0.4, 0.5) is 20.4 Å². The van der Waals surface area contributed by atoms with E-state index in [9.17, 15) is 8.78 Å². The summed E-state index contributed by atoms with van der Waals surface area (Å²) in [6.07, 6.45) is 4.61. The molecule has 0 saturated carbocycles. The van der Waals surface area contributed by atoms with E-state index in [1.165, 1.54) is 12.1 Å². The molecule has 0 aliphatic carbocycles. The quantitative estimate of drug-likeness (QED) is 0.868. The molecule has 1 heterocycles. The number of halogens is 2. The van der Waals surface area contributed by atoms with E-state index >= 15 is 0 Å². The summed E-state index contributed by atoms with van der Waals surface area (Å²) in [5.74, 6) is 0.863. The highest BCUT2D eigenvalue weighted by Gasteiger charge is 2.05. The third-order valence-electron chi connectivity index (χ3n) is 2.52. The van der Waals surface area contributed by atoms with Crippen LogP contribution in [0.5, 0.6) is 5.75 Å². The van der Waals surface area contributed by atoms with Crippen molar-refractivity contribution < 1.29 is 13.5 Å². The Bertz CT molecular complexity index is 511. The number of hydrogen-bond donors (Lipinski definition) is 1. The summed E-state index contributed by atoms with van der Waals surface area (Å²) in [4.78, 5) is 4.20. The van der Waals surface area contributed by atoms with Crippen molar-refractivity contribution in [1.82, 2.24) is 9.55 Å². The highest BCUT2D eigenvalue weighted by molar-refractivity contribution is 5.54. The third kappa shape index (κ3) is 3.67. The fourth-order valence-corrected chi connectivity index (χ4v) is 1.70. The van der Waals surface area contributed by atoms with Gasteiger partial charge in [0.2, 0.25) is 5.95 Å². The van der Waals surface area contributed by atoms with Crippen LogP contribution in [0, 0.1) is 0 Å². The lowest BCUT2D eigenvalue weighted by Gasteiger charge is -2.09. The minimum Gasteiger partial charge on any atom is -0.435 e. The Hall–Kier alpha value is -2.11. The van der Waals surface area contributed by atoms with Crippen molar-refractivity contribution >= 4 is 11.6 Å². The molecule has 1 aromatic carbocycles. The lowest BCUT2D eigenvalue weighted by Crippen LogP contribution is -2.03. The molecular weight excluding hydrogens is 252 g/mol. The Balaban J connectivity index is 2.04. The second-order valence-corrected chi connectivity index (χ2v) is 3.97. The lowest BCUT2D eigenvalue weighted by atomic mass is 10.3. The zero-order valence-electron chi connectivity index (χ0n) is 10.5. The van der Waals surface area contributed by atoms with E-state index in [0.29, 0.717) is 0 Å². The molecule has 6 heteroatoms. The maximum Gasteiger partial charge on any atom is 0.387 e. The summed E-state index contributed by atoms with van der Waals surface area (Å²) < 4.78 is 30.3. The zero-order chi connectivity index (χ0) is 13.7. The molecule has 1 aromatic heterocycles. The van der Waals surface area contributed by atoms with Gasteiger partial charge in [0.25, 0.3) is 0 Å². The first-order valence-electron chi connectivity index (χ1n) is 6.02. The Kier molecular flexibility index (Phi) is 4.33. The average molecular weight is 267 g/mol. The van der Waals surface area contributed by atoms with Gasteiger partial charge < -0.3 is 14.6 Å². The van der Waals surface area contributed by atoms with E-state index < -0.39 is 6.61 Å². The van der Waals surface area contributed by atoms with E-state index in [0.717, 1.165) is 24.6 Å². The van der Waals surface area contributed by atoms with Crippen LogP contribution in [0.15, 0.2) is 36.7 Å². The number of benzene rings is 1. The van der Waals surface area contributed by atoms with E-state index in [-0.39, 0.29) is 5.75 Å². The molecule has 0 fully saturated rings. The first-order valence-corrected chi connectivity index (χ1v) is 6.02. The Morgan fingerprint density at radius 1 is 1.32 bits per heavy atom. The van der Waals surface area contributed by atoms with Gasteiger partial charge in [0.05, 0.1) is 0 Å². The van der Waals surface area contributed by atoms with Crippen LogP contribution < -0.4 is 10.1 Å². The molecule has 0 unspecified atom stereocenters. The molecule has 2 rings (SSSR count). The molecule has 0 amide bonds. The minimum atomic E-state index is -2.80. The number of anilines is 2. The second-order valence-electron chi connectivity index (χ2n) is 3.97. The molecule has 0 aliphatic heterocycles. The SMILES string of the molecule is CCCn1ccnc1Nc1ccc(OC(F)F)cc1. The van der Waals surface area contributed by atoms with Gasteiger partial charge in [-0.2, -0.15) is 8.78 Å². The first kappa shape index (κ1) is 13.3. The fraction of sp³-hybridized carbons (Fsp3) is 0.308. The van der Waals surface area contributed by atoms with Gasteiger partial charge in [0.1, 0.15) is 5.75 Å². The topological polar surface area (TPSA) is 39.1 Å². The van der Waals surface area contributed by atoms with Gasteiger partial charge in [-0.05, 0) is 30.7 Å². The number of alkyl halides is 2. The van der Waals surface area contributed by atoms with Gasteiger partial charge in [-0.15, -0.1) is 0 Å². The van der Waals surface area contributed by atoms with Gasteiger partial charge in [-0.25, -0.2) is 4.98 Å². The molecule has 0 saturated heterocycles. The van der Waals surface area contributed by atoms with Crippen molar-refractivity contribution in [3.63, 3.8) is 0 Å². The van der Waals surface area contributed by atoms with Crippen molar-refractivity contribution in [2.45, 2.75) is 26.5 Å². The van der Waals surface area contributed by atoms with Gasteiger partial charge in [-0.3, -0.25) is 0 Å². The van der Waals surface area contributed by atoms with Crippen molar-refractivity contribution in [3.8, 4) is 5.75 Å². The third-order valence-corrected chi connectivity index (χ3v) is 2.52. The summed E-state index contributed by atoms with van der Waals surface area (Å²) in [6.45, 7) is 0.150. The molecular formula is C13H15F2N3O.